The van der Waals surface area contributed by atoms with Crippen molar-refractivity contribution in [3.05, 3.63) is 0 Å². The van der Waals surface area contributed by atoms with Crippen molar-refractivity contribution in [3.63, 3.8) is 0 Å². The van der Waals surface area contributed by atoms with Gasteiger partial charge in [0.15, 0.2) is 0 Å². The average molecular weight is 235 g/mol. The Morgan fingerprint density at radius 1 is 1.13 bits per heavy atom. The van der Waals surface area contributed by atoms with Crippen molar-refractivity contribution < 1.29 is 8.42 Å². The summed E-state index contributed by atoms with van der Waals surface area (Å²) in [6.07, 6.45) is 0.895. The largest absolute Gasteiger partial charge is 0.219 e. The van der Waals surface area contributed by atoms with Gasteiger partial charge in [0.2, 0.25) is 10.0 Å². The van der Waals surface area contributed by atoms with Crippen molar-refractivity contribution in [1.82, 2.24) is 4.31 Å². The highest BCUT2D eigenvalue weighted by Gasteiger charge is 2.35. The van der Waals surface area contributed by atoms with Crippen LogP contribution < -0.4 is 0 Å². The Balaban J connectivity index is 4.79. The quantitative estimate of drug-likeness (QED) is 0.750. The number of rotatable bonds is 4. The van der Waals surface area contributed by atoms with Gasteiger partial charge in [-0.3, -0.25) is 0 Å². The fourth-order valence-corrected chi connectivity index (χ4v) is 2.92. The van der Waals surface area contributed by atoms with E-state index in [-0.39, 0.29) is 6.04 Å². The lowest BCUT2D eigenvalue weighted by molar-refractivity contribution is 0.329. The minimum Gasteiger partial charge on any atom is -0.212 e. The molecular weight excluding hydrogens is 210 g/mol. The maximum Gasteiger partial charge on any atom is 0.219 e. The third kappa shape index (κ3) is 3.76. The second kappa shape index (κ2) is 4.83. The van der Waals surface area contributed by atoms with E-state index in [0.717, 1.165) is 6.42 Å². The van der Waals surface area contributed by atoms with Crippen molar-refractivity contribution in [3.8, 4) is 0 Å². The van der Waals surface area contributed by atoms with Crippen molar-refractivity contribution in [1.29, 1.82) is 0 Å². The van der Waals surface area contributed by atoms with Crippen LogP contribution in [0.15, 0.2) is 0 Å². The van der Waals surface area contributed by atoms with Crippen LogP contribution in [-0.2, 0) is 10.0 Å². The van der Waals surface area contributed by atoms with Crippen LogP contribution in [0.1, 0.15) is 48.0 Å². The maximum absolute atomic E-state index is 12.1. The van der Waals surface area contributed by atoms with Crippen LogP contribution in [0.4, 0.5) is 0 Å². The predicted octanol–water partition coefficient (Wildman–Crippen LogP) is 2.48. The summed E-state index contributed by atoms with van der Waals surface area (Å²) in [5.41, 5.74) is 0. The summed E-state index contributed by atoms with van der Waals surface area (Å²) < 4.78 is 25.0. The normalized spacial score (nSPS) is 16.1. The zero-order valence-electron chi connectivity index (χ0n) is 11.0. The van der Waals surface area contributed by atoms with Gasteiger partial charge in [-0.1, -0.05) is 13.8 Å². The Bertz CT molecular complexity index is 288. The van der Waals surface area contributed by atoms with E-state index in [1.807, 2.05) is 6.92 Å². The summed E-state index contributed by atoms with van der Waals surface area (Å²) in [5.74, 6) is 0.512. The molecule has 0 aromatic heterocycles. The predicted molar refractivity (Wildman–Crippen MR) is 65.4 cm³/mol. The third-order valence-corrected chi connectivity index (χ3v) is 5.25. The van der Waals surface area contributed by atoms with Crippen molar-refractivity contribution in [2.24, 2.45) is 5.92 Å². The SMILES string of the molecule is CC(C)C[C@H](C)N(C)S(=O)(=O)C(C)(C)C. The zero-order chi connectivity index (χ0) is 12.4. The molecule has 0 aliphatic heterocycles. The summed E-state index contributed by atoms with van der Waals surface area (Å²) in [4.78, 5) is 0. The van der Waals surface area contributed by atoms with E-state index in [2.05, 4.69) is 13.8 Å². The molecule has 0 amide bonds. The molecule has 0 spiro atoms. The van der Waals surface area contributed by atoms with E-state index >= 15 is 0 Å². The second-order valence-corrected chi connectivity index (χ2v) is 8.36. The molecule has 0 bridgehead atoms. The first-order valence-electron chi connectivity index (χ1n) is 5.47. The molecule has 0 fully saturated rings. The molecule has 0 aromatic rings. The maximum atomic E-state index is 12.1. The first-order valence-corrected chi connectivity index (χ1v) is 6.91. The lowest BCUT2D eigenvalue weighted by atomic mass is 10.1. The minimum atomic E-state index is -3.19. The minimum absolute atomic E-state index is 0.0641. The molecule has 0 aliphatic rings. The number of nitrogens with zero attached hydrogens (tertiary/aromatic N) is 1. The molecule has 3 nitrogen and oxygen atoms in total. The Hall–Kier alpha value is -0.0900. The first kappa shape index (κ1) is 14.9. The third-order valence-electron chi connectivity index (χ3n) is 2.59. The van der Waals surface area contributed by atoms with Crippen LogP contribution >= 0.6 is 0 Å². The number of hydrogen-bond acceptors (Lipinski definition) is 2. The highest BCUT2D eigenvalue weighted by Crippen LogP contribution is 2.22. The molecule has 4 heteroatoms. The zero-order valence-corrected chi connectivity index (χ0v) is 11.9. The van der Waals surface area contributed by atoms with Crippen molar-refractivity contribution >= 4 is 10.0 Å². The van der Waals surface area contributed by atoms with Crippen LogP contribution in [0.3, 0.4) is 0 Å². The van der Waals surface area contributed by atoms with Gasteiger partial charge in [-0.15, -0.1) is 0 Å². The molecule has 0 saturated carbocycles. The Morgan fingerprint density at radius 2 is 1.53 bits per heavy atom. The molecule has 0 aliphatic carbocycles. The first-order chi connectivity index (χ1) is 6.50. The lowest BCUT2D eigenvalue weighted by Gasteiger charge is -2.31. The molecular formula is C11H25NO2S. The van der Waals surface area contributed by atoms with Crippen LogP contribution in [0.2, 0.25) is 0 Å². The molecule has 15 heavy (non-hydrogen) atoms. The second-order valence-electron chi connectivity index (χ2n) is 5.61. The van der Waals surface area contributed by atoms with E-state index in [4.69, 9.17) is 0 Å². The molecule has 0 saturated heterocycles. The van der Waals surface area contributed by atoms with Gasteiger partial charge in [-0.05, 0) is 40.0 Å². The van der Waals surface area contributed by atoms with E-state index in [1.54, 1.807) is 27.8 Å². The van der Waals surface area contributed by atoms with E-state index in [1.165, 1.54) is 4.31 Å². The summed E-state index contributed by atoms with van der Waals surface area (Å²) in [5, 5.41) is 0. The summed E-state index contributed by atoms with van der Waals surface area (Å²) in [6.45, 7) is 11.4. The molecule has 0 heterocycles. The highest BCUT2D eigenvalue weighted by atomic mass is 32.2. The van der Waals surface area contributed by atoms with Crippen LogP contribution in [0.5, 0.6) is 0 Å². The Labute approximate surface area is 94.9 Å². The topological polar surface area (TPSA) is 37.4 Å². The van der Waals surface area contributed by atoms with Gasteiger partial charge in [-0.25, -0.2) is 12.7 Å². The van der Waals surface area contributed by atoms with E-state index in [0.29, 0.717) is 5.92 Å². The van der Waals surface area contributed by atoms with Crippen molar-refractivity contribution in [2.45, 2.75) is 58.8 Å². The molecule has 92 valence electrons. The fourth-order valence-electron chi connectivity index (χ4n) is 1.50. The number of sulfonamides is 1. The average Bonchev–Trinajstić information content (AvgIpc) is 1.99. The van der Waals surface area contributed by atoms with Gasteiger partial charge in [-0.2, -0.15) is 0 Å². The van der Waals surface area contributed by atoms with Crippen LogP contribution in [0, 0.1) is 5.92 Å². The lowest BCUT2D eigenvalue weighted by Crippen LogP contribution is -2.45. The van der Waals surface area contributed by atoms with Crippen LogP contribution in [0.25, 0.3) is 0 Å². The van der Waals surface area contributed by atoms with Gasteiger partial charge >= 0.3 is 0 Å². The molecule has 0 aromatic carbocycles. The highest BCUT2D eigenvalue weighted by molar-refractivity contribution is 7.90. The van der Waals surface area contributed by atoms with Crippen LogP contribution in [-0.4, -0.2) is 30.6 Å². The Kier molecular flexibility index (Phi) is 4.80. The summed E-state index contributed by atoms with van der Waals surface area (Å²) in [6, 6.07) is 0.0641. The van der Waals surface area contributed by atoms with Crippen molar-refractivity contribution in [2.75, 3.05) is 7.05 Å². The number of hydrogen-bond donors (Lipinski definition) is 0. The molecule has 0 rings (SSSR count). The fraction of sp³-hybridized carbons (Fsp3) is 1.00. The van der Waals surface area contributed by atoms with E-state index in [9.17, 15) is 8.42 Å². The van der Waals surface area contributed by atoms with E-state index < -0.39 is 14.8 Å². The molecule has 0 unspecified atom stereocenters. The van der Waals surface area contributed by atoms with Gasteiger partial charge < -0.3 is 0 Å². The van der Waals surface area contributed by atoms with Gasteiger partial charge in [0.05, 0.1) is 4.75 Å². The smallest absolute Gasteiger partial charge is 0.212 e. The molecule has 0 N–H and O–H groups in total. The summed E-state index contributed by atoms with van der Waals surface area (Å²) in [7, 11) is -1.51. The van der Waals surface area contributed by atoms with Gasteiger partial charge in [0, 0.05) is 13.1 Å². The molecule has 0 radical (unpaired) electrons. The van der Waals surface area contributed by atoms with Gasteiger partial charge in [0.1, 0.15) is 0 Å². The van der Waals surface area contributed by atoms with Gasteiger partial charge in [0.25, 0.3) is 0 Å². The Morgan fingerprint density at radius 3 is 1.80 bits per heavy atom. The summed E-state index contributed by atoms with van der Waals surface area (Å²) >= 11 is 0. The standard InChI is InChI=1S/C11H25NO2S/c1-9(2)8-10(3)12(7)15(13,14)11(4,5)6/h9-10H,8H2,1-7H3/t10-/m0/s1. The monoisotopic (exact) mass is 235 g/mol. The molecule has 1 atom stereocenters.